The molecule has 0 aromatic heterocycles. The van der Waals surface area contributed by atoms with Gasteiger partial charge in [0.1, 0.15) is 0 Å². The second kappa shape index (κ2) is 10.2. The molecule has 0 saturated carbocycles. The fourth-order valence-corrected chi connectivity index (χ4v) is 0.853. The predicted molar refractivity (Wildman–Crippen MR) is 56.9 cm³/mol. The van der Waals surface area contributed by atoms with Gasteiger partial charge in [0.25, 0.3) is 0 Å². The summed E-state index contributed by atoms with van der Waals surface area (Å²) in [4.78, 5) is 0. The third kappa shape index (κ3) is 9.22. The van der Waals surface area contributed by atoms with Crippen LogP contribution in [0.1, 0.15) is 32.6 Å². The van der Waals surface area contributed by atoms with Crippen molar-refractivity contribution in [1.82, 2.24) is 0 Å². The van der Waals surface area contributed by atoms with Gasteiger partial charge < -0.3 is 0 Å². The fraction of sp³-hybridized carbons (Fsp3) is 0.417. The molecule has 0 aromatic rings. The molecule has 0 aliphatic carbocycles. The van der Waals surface area contributed by atoms with Crippen LogP contribution < -0.4 is 0 Å². The Morgan fingerprint density at radius 1 is 1.00 bits per heavy atom. The van der Waals surface area contributed by atoms with E-state index in [0.717, 1.165) is 6.42 Å². The third-order valence-corrected chi connectivity index (χ3v) is 1.53. The zero-order valence-electron chi connectivity index (χ0n) is 8.00. The molecule has 0 amide bonds. The van der Waals surface area contributed by atoms with Crippen molar-refractivity contribution in [3.05, 3.63) is 43.4 Å². The molecular weight excluding hydrogens is 144 g/mol. The Kier molecular flexibility index (Phi) is 9.56. The van der Waals surface area contributed by atoms with Crippen molar-refractivity contribution in [3.63, 3.8) is 0 Å². The molecule has 0 spiro atoms. The summed E-state index contributed by atoms with van der Waals surface area (Å²) in [6.07, 6.45) is 17.2. The minimum Gasteiger partial charge on any atom is -0.0877 e. The lowest BCUT2D eigenvalue weighted by molar-refractivity contribution is 0.760. The first kappa shape index (κ1) is 11.2. The van der Waals surface area contributed by atoms with Crippen LogP contribution in [0.4, 0.5) is 0 Å². The van der Waals surface area contributed by atoms with E-state index >= 15 is 0 Å². The van der Waals surface area contributed by atoms with Gasteiger partial charge in [0, 0.05) is 0 Å². The van der Waals surface area contributed by atoms with Gasteiger partial charge >= 0.3 is 0 Å². The van der Waals surface area contributed by atoms with E-state index in [-0.39, 0.29) is 0 Å². The van der Waals surface area contributed by atoms with Gasteiger partial charge in [-0.25, -0.2) is 0 Å². The number of hydrogen-bond donors (Lipinski definition) is 0. The molecule has 0 heterocycles. The van der Waals surface area contributed by atoms with E-state index in [1.807, 2.05) is 25.2 Å². The zero-order chi connectivity index (χ0) is 9.07. The Morgan fingerprint density at radius 2 is 1.75 bits per heavy atom. The lowest BCUT2D eigenvalue weighted by Crippen LogP contribution is -1.69. The minimum absolute atomic E-state index is 1.06. The second-order valence-electron chi connectivity index (χ2n) is 2.69. The molecule has 0 aliphatic rings. The molecule has 67 valence electrons. The van der Waals surface area contributed by atoms with Crippen molar-refractivity contribution in [3.8, 4) is 0 Å². The van der Waals surface area contributed by atoms with E-state index in [9.17, 15) is 0 Å². The van der Waals surface area contributed by atoms with E-state index in [1.54, 1.807) is 0 Å². The molecule has 0 N–H and O–H groups in total. The van der Waals surface area contributed by atoms with Crippen molar-refractivity contribution >= 4 is 0 Å². The van der Waals surface area contributed by atoms with E-state index in [0.29, 0.717) is 0 Å². The van der Waals surface area contributed by atoms with Crippen LogP contribution in [0.3, 0.4) is 0 Å². The van der Waals surface area contributed by atoms with Crippen LogP contribution in [-0.2, 0) is 0 Å². The van der Waals surface area contributed by atoms with Gasteiger partial charge in [-0.2, -0.15) is 0 Å². The van der Waals surface area contributed by atoms with Crippen molar-refractivity contribution < 1.29 is 0 Å². The minimum atomic E-state index is 1.06. The Hall–Kier alpha value is -0.780. The number of hydrogen-bond acceptors (Lipinski definition) is 0. The summed E-state index contributed by atoms with van der Waals surface area (Å²) >= 11 is 0. The highest BCUT2D eigenvalue weighted by molar-refractivity contribution is 5.10. The van der Waals surface area contributed by atoms with Gasteiger partial charge in [0.2, 0.25) is 0 Å². The molecule has 0 nitrogen and oxygen atoms in total. The maximum absolute atomic E-state index is 3.80. The third-order valence-electron chi connectivity index (χ3n) is 1.53. The van der Waals surface area contributed by atoms with Crippen LogP contribution in [0.15, 0.2) is 36.5 Å². The fourth-order valence-electron chi connectivity index (χ4n) is 0.853. The van der Waals surface area contributed by atoms with E-state index in [4.69, 9.17) is 0 Å². The van der Waals surface area contributed by atoms with Crippen molar-refractivity contribution in [2.45, 2.75) is 32.6 Å². The maximum atomic E-state index is 3.80. The zero-order valence-corrected chi connectivity index (χ0v) is 8.00. The van der Waals surface area contributed by atoms with Gasteiger partial charge in [-0.3, -0.25) is 0 Å². The molecule has 0 atom stereocenters. The Balaban J connectivity index is 3.24. The molecule has 0 unspecified atom stereocenters. The molecule has 0 heteroatoms. The Bertz CT molecular complexity index is 149. The first-order valence-electron chi connectivity index (χ1n) is 4.65. The van der Waals surface area contributed by atoms with Crippen LogP contribution in [-0.4, -0.2) is 0 Å². The standard InChI is InChI=1S/C12H19/c1-3-5-7-9-11-12-10-8-6-4-2/h4,6,8,10-12H,1,3,5,7,9H2,2H3. The van der Waals surface area contributed by atoms with E-state index in [2.05, 4.69) is 25.2 Å². The summed E-state index contributed by atoms with van der Waals surface area (Å²) in [5.74, 6) is 0. The van der Waals surface area contributed by atoms with Gasteiger partial charge in [-0.15, -0.1) is 0 Å². The molecule has 0 rings (SSSR count). The molecule has 0 bridgehead atoms. The molecule has 0 fully saturated rings. The summed E-state index contributed by atoms with van der Waals surface area (Å²) < 4.78 is 0. The Labute approximate surface area is 76.7 Å². The molecule has 0 saturated heterocycles. The summed E-state index contributed by atoms with van der Waals surface area (Å²) in [6.45, 7) is 5.81. The number of unbranched alkanes of at least 4 members (excludes halogenated alkanes) is 3. The number of allylic oxidation sites excluding steroid dienone is 6. The Morgan fingerprint density at radius 3 is 2.42 bits per heavy atom. The summed E-state index contributed by atoms with van der Waals surface area (Å²) in [7, 11) is 0. The number of rotatable bonds is 6. The SMILES string of the molecule is [CH2]CCCCC=CC=CC=CC. The van der Waals surface area contributed by atoms with Crippen molar-refractivity contribution in [1.29, 1.82) is 0 Å². The molecule has 0 aromatic carbocycles. The second-order valence-corrected chi connectivity index (χ2v) is 2.69. The largest absolute Gasteiger partial charge is 0.0877 e. The smallest absolute Gasteiger partial charge is 0.0348 e. The maximum Gasteiger partial charge on any atom is -0.0348 e. The van der Waals surface area contributed by atoms with Gasteiger partial charge in [0.15, 0.2) is 0 Å². The van der Waals surface area contributed by atoms with E-state index in [1.165, 1.54) is 19.3 Å². The highest BCUT2D eigenvalue weighted by Crippen LogP contribution is 1.99. The molecule has 0 aliphatic heterocycles. The normalized spacial score (nSPS) is 12.5. The monoisotopic (exact) mass is 163 g/mol. The van der Waals surface area contributed by atoms with Gasteiger partial charge in [-0.1, -0.05) is 56.2 Å². The van der Waals surface area contributed by atoms with Gasteiger partial charge in [0.05, 0.1) is 0 Å². The lowest BCUT2D eigenvalue weighted by Gasteiger charge is -1.89. The average Bonchev–Trinajstić information content (AvgIpc) is 2.10. The molecular formula is C12H19. The van der Waals surface area contributed by atoms with Gasteiger partial charge in [-0.05, 0) is 19.8 Å². The summed E-state index contributed by atoms with van der Waals surface area (Å²) in [5.41, 5.74) is 0. The molecule has 1 radical (unpaired) electrons. The highest BCUT2D eigenvalue weighted by Gasteiger charge is 1.79. The summed E-state index contributed by atoms with van der Waals surface area (Å²) in [5, 5.41) is 0. The van der Waals surface area contributed by atoms with Crippen molar-refractivity contribution in [2.75, 3.05) is 0 Å². The van der Waals surface area contributed by atoms with Crippen LogP contribution in [0.5, 0.6) is 0 Å². The van der Waals surface area contributed by atoms with Crippen LogP contribution >= 0.6 is 0 Å². The highest BCUT2D eigenvalue weighted by atomic mass is 13.9. The van der Waals surface area contributed by atoms with Crippen LogP contribution in [0, 0.1) is 6.92 Å². The van der Waals surface area contributed by atoms with Crippen LogP contribution in [0.25, 0.3) is 0 Å². The quantitative estimate of drug-likeness (QED) is 0.409. The predicted octanol–water partition coefficient (Wildman–Crippen LogP) is 4.07. The van der Waals surface area contributed by atoms with E-state index < -0.39 is 0 Å². The summed E-state index contributed by atoms with van der Waals surface area (Å²) in [6, 6.07) is 0. The first-order chi connectivity index (χ1) is 5.91. The van der Waals surface area contributed by atoms with Crippen molar-refractivity contribution in [2.24, 2.45) is 0 Å². The molecule has 12 heavy (non-hydrogen) atoms. The topological polar surface area (TPSA) is 0 Å². The van der Waals surface area contributed by atoms with Crippen LogP contribution in [0.2, 0.25) is 0 Å². The first-order valence-corrected chi connectivity index (χ1v) is 4.65. The average molecular weight is 163 g/mol. The lowest BCUT2D eigenvalue weighted by atomic mass is 10.2.